The average Bonchev–Trinajstić information content (AvgIpc) is 3.17. The molecule has 8 heteroatoms. The van der Waals surface area contributed by atoms with Crippen molar-refractivity contribution in [3.63, 3.8) is 0 Å². The highest BCUT2D eigenvalue weighted by atomic mass is 16.1. The number of pyridine rings is 2. The van der Waals surface area contributed by atoms with Crippen molar-refractivity contribution in [2.24, 2.45) is 0 Å². The third-order valence-electron chi connectivity index (χ3n) is 4.45. The Hall–Kier alpha value is -3.73. The predicted octanol–water partition coefficient (Wildman–Crippen LogP) is 2.62. The molecule has 3 aromatic heterocycles. The first kappa shape index (κ1) is 20.0. The van der Waals surface area contributed by atoms with Crippen molar-refractivity contribution in [3.8, 4) is 6.07 Å². The van der Waals surface area contributed by atoms with Crippen LogP contribution in [0.4, 0.5) is 11.6 Å². The van der Waals surface area contributed by atoms with Gasteiger partial charge in [0.25, 0.3) is 0 Å². The van der Waals surface area contributed by atoms with Crippen molar-refractivity contribution in [2.45, 2.75) is 26.8 Å². The minimum atomic E-state index is -0.149. The second-order valence-electron chi connectivity index (χ2n) is 6.47. The van der Waals surface area contributed by atoms with Crippen LogP contribution in [0, 0.1) is 11.3 Å². The molecule has 0 aliphatic carbocycles. The van der Waals surface area contributed by atoms with Gasteiger partial charge in [0.2, 0.25) is 5.91 Å². The predicted molar refractivity (Wildman–Crippen MR) is 110 cm³/mol. The van der Waals surface area contributed by atoms with Crippen molar-refractivity contribution in [3.05, 3.63) is 65.7 Å². The molecule has 8 nitrogen and oxygen atoms in total. The van der Waals surface area contributed by atoms with E-state index >= 15 is 0 Å². The highest BCUT2D eigenvalue weighted by Crippen LogP contribution is 2.12. The summed E-state index contributed by atoms with van der Waals surface area (Å²) in [5.41, 5.74) is 2.14. The van der Waals surface area contributed by atoms with Crippen molar-refractivity contribution < 1.29 is 4.79 Å². The van der Waals surface area contributed by atoms with Crippen LogP contribution in [-0.4, -0.2) is 38.7 Å². The quantitative estimate of drug-likeness (QED) is 0.636. The van der Waals surface area contributed by atoms with Crippen LogP contribution in [0.25, 0.3) is 0 Å². The Morgan fingerprint density at radius 2 is 1.97 bits per heavy atom. The maximum absolute atomic E-state index is 12.3. The molecule has 3 aromatic rings. The Bertz CT molecular complexity index is 983. The average molecular weight is 389 g/mol. The van der Waals surface area contributed by atoms with Crippen LogP contribution < -0.4 is 10.2 Å². The van der Waals surface area contributed by atoms with E-state index in [9.17, 15) is 4.79 Å². The zero-order chi connectivity index (χ0) is 20.6. The molecule has 0 aliphatic heterocycles. The van der Waals surface area contributed by atoms with Gasteiger partial charge in [-0.3, -0.25) is 14.5 Å². The molecule has 0 fully saturated rings. The Balaban J connectivity index is 1.55. The first-order valence-electron chi connectivity index (χ1n) is 9.49. The molecular weight excluding hydrogens is 366 g/mol. The van der Waals surface area contributed by atoms with Gasteiger partial charge in [-0.05, 0) is 37.6 Å². The molecule has 1 N–H and O–H groups in total. The maximum Gasteiger partial charge on any atom is 0.230 e. The van der Waals surface area contributed by atoms with Gasteiger partial charge in [-0.15, -0.1) is 0 Å². The van der Waals surface area contributed by atoms with E-state index in [0.29, 0.717) is 17.9 Å². The minimum absolute atomic E-state index is 0.149. The van der Waals surface area contributed by atoms with Gasteiger partial charge >= 0.3 is 0 Å². The van der Waals surface area contributed by atoms with Crippen LogP contribution in [0.2, 0.25) is 0 Å². The fraction of sp³-hybridized carbons (Fsp3) is 0.286. The number of anilines is 2. The summed E-state index contributed by atoms with van der Waals surface area (Å²) in [4.78, 5) is 23.1. The van der Waals surface area contributed by atoms with Gasteiger partial charge in [-0.2, -0.15) is 10.4 Å². The fourth-order valence-electron chi connectivity index (χ4n) is 2.89. The van der Waals surface area contributed by atoms with Gasteiger partial charge in [-0.1, -0.05) is 6.07 Å². The van der Waals surface area contributed by atoms with Gasteiger partial charge in [0.15, 0.2) is 5.82 Å². The molecule has 0 spiro atoms. The summed E-state index contributed by atoms with van der Waals surface area (Å²) in [6.45, 7) is 6.42. The highest BCUT2D eigenvalue weighted by Gasteiger charge is 2.09. The SMILES string of the molecule is CCN(CC)c1ccc(CC(=O)Nc2ccn(Cc3ccc(C#N)cn3)n2)cn1. The minimum Gasteiger partial charge on any atom is -0.357 e. The zero-order valence-electron chi connectivity index (χ0n) is 16.5. The third-order valence-corrected chi connectivity index (χ3v) is 4.45. The Morgan fingerprint density at radius 3 is 2.59 bits per heavy atom. The molecule has 0 unspecified atom stereocenters. The van der Waals surface area contributed by atoms with Crippen molar-refractivity contribution in [1.29, 1.82) is 5.26 Å². The molecule has 1 amide bonds. The number of rotatable bonds is 8. The van der Waals surface area contributed by atoms with Crippen molar-refractivity contribution in [1.82, 2.24) is 19.7 Å². The van der Waals surface area contributed by atoms with Gasteiger partial charge in [0.05, 0.1) is 24.2 Å². The topological polar surface area (TPSA) is 99.7 Å². The first-order valence-corrected chi connectivity index (χ1v) is 9.49. The van der Waals surface area contributed by atoms with Crippen LogP contribution in [0.15, 0.2) is 48.9 Å². The van der Waals surface area contributed by atoms with E-state index in [1.54, 1.807) is 35.3 Å². The molecule has 0 radical (unpaired) electrons. The van der Waals surface area contributed by atoms with E-state index in [-0.39, 0.29) is 12.3 Å². The Labute approximate surface area is 169 Å². The molecule has 0 bridgehead atoms. The van der Waals surface area contributed by atoms with E-state index in [0.717, 1.165) is 30.2 Å². The van der Waals surface area contributed by atoms with E-state index < -0.39 is 0 Å². The zero-order valence-corrected chi connectivity index (χ0v) is 16.5. The third kappa shape index (κ3) is 5.39. The van der Waals surface area contributed by atoms with Crippen LogP contribution in [-0.2, 0) is 17.8 Å². The standard InChI is InChI=1S/C21H23N7O/c1-3-27(4-2)20-8-6-16(13-24-20)11-21(29)25-19-9-10-28(26-19)15-18-7-5-17(12-22)14-23-18/h5-10,13-14H,3-4,11,15H2,1-2H3,(H,25,26,29). The number of hydrogen-bond donors (Lipinski definition) is 1. The molecule has 29 heavy (non-hydrogen) atoms. The van der Waals surface area contributed by atoms with Crippen LogP contribution in [0.3, 0.4) is 0 Å². The Morgan fingerprint density at radius 1 is 1.14 bits per heavy atom. The maximum atomic E-state index is 12.3. The van der Waals surface area contributed by atoms with Crippen LogP contribution in [0.5, 0.6) is 0 Å². The lowest BCUT2D eigenvalue weighted by Crippen LogP contribution is -2.23. The molecule has 148 valence electrons. The van der Waals surface area contributed by atoms with Gasteiger partial charge in [0, 0.05) is 37.7 Å². The lowest BCUT2D eigenvalue weighted by atomic mass is 10.2. The van der Waals surface area contributed by atoms with E-state index in [2.05, 4.69) is 39.1 Å². The van der Waals surface area contributed by atoms with Crippen LogP contribution in [0.1, 0.15) is 30.7 Å². The summed E-state index contributed by atoms with van der Waals surface area (Å²) in [5.74, 6) is 1.25. The van der Waals surface area contributed by atoms with Crippen LogP contribution >= 0.6 is 0 Å². The molecule has 0 atom stereocenters. The second-order valence-corrected chi connectivity index (χ2v) is 6.47. The monoisotopic (exact) mass is 389 g/mol. The number of carbonyl (C=O) groups is 1. The number of hydrogen-bond acceptors (Lipinski definition) is 6. The molecule has 0 aromatic carbocycles. The summed E-state index contributed by atoms with van der Waals surface area (Å²) in [7, 11) is 0. The highest BCUT2D eigenvalue weighted by molar-refractivity contribution is 5.91. The molecule has 0 saturated carbocycles. The molecule has 0 aliphatic rings. The van der Waals surface area contributed by atoms with Gasteiger partial charge in [-0.25, -0.2) is 4.98 Å². The second kappa shape index (κ2) is 9.46. The lowest BCUT2D eigenvalue weighted by Gasteiger charge is -2.19. The summed E-state index contributed by atoms with van der Waals surface area (Å²) in [5, 5.41) is 16.0. The number of nitrogens with one attached hydrogen (secondary N) is 1. The number of amides is 1. The first-order chi connectivity index (χ1) is 14.1. The number of nitriles is 1. The molecular formula is C21H23N7O. The number of nitrogens with zero attached hydrogens (tertiary/aromatic N) is 6. The van der Waals surface area contributed by atoms with Gasteiger partial charge in [0.1, 0.15) is 11.9 Å². The van der Waals surface area contributed by atoms with E-state index in [4.69, 9.17) is 5.26 Å². The summed E-state index contributed by atoms with van der Waals surface area (Å²) < 4.78 is 1.68. The molecule has 3 heterocycles. The number of carbonyl (C=O) groups excluding carboxylic acids is 1. The summed E-state index contributed by atoms with van der Waals surface area (Å²) in [6.07, 6.45) is 5.27. The van der Waals surface area contributed by atoms with E-state index in [1.165, 1.54) is 6.20 Å². The van der Waals surface area contributed by atoms with Crippen molar-refractivity contribution >= 4 is 17.5 Å². The smallest absolute Gasteiger partial charge is 0.230 e. The number of aromatic nitrogens is 4. The Kier molecular flexibility index (Phi) is 6.53. The fourth-order valence-corrected chi connectivity index (χ4v) is 2.89. The largest absolute Gasteiger partial charge is 0.357 e. The van der Waals surface area contributed by atoms with E-state index in [1.807, 2.05) is 18.2 Å². The normalized spacial score (nSPS) is 10.4. The molecule has 3 rings (SSSR count). The van der Waals surface area contributed by atoms with Gasteiger partial charge < -0.3 is 10.2 Å². The lowest BCUT2D eigenvalue weighted by molar-refractivity contribution is -0.115. The summed E-state index contributed by atoms with van der Waals surface area (Å²) >= 11 is 0. The van der Waals surface area contributed by atoms with Crippen molar-refractivity contribution in [2.75, 3.05) is 23.3 Å². The summed E-state index contributed by atoms with van der Waals surface area (Å²) in [6, 6.07) is 11.1. The molecule has 0 saturated heterocycles.